The highest BCUT2D eigenvalue weighted by Gasteiger charge is 2.06. The summed E-state index contributed by atoms with van der Waals surface area (Å²) in [7, 11) is 3.69. The standard InChI is InChI=1S/C3H7NO2S.C3H4S2/c4-2(1-7)3(5)6;1-2-4-5-3-1/h2,7H,1,4H2,(H,5,6);1-2H,3H2/t2-;/m0./s1. The summed E-state index contributed by atoms with van der Waals surface area (Å²) in [4.78, 5) is 9.76. The summed E-state index contributed by atoms with van der Waals surface area (Å²) in [6.45, 7) is 0. The fourth-order valence-electron chi connectivity index (χ4n) is 0.275. The number of aliphatic carboxylic acids is 1. The van der Waals surface area contributed by atoms with Gasteiger partial charge in [0.15, 0.2) is 0 Å². The van der Waals surface area contributed by atoms with Crippen LogP contribution in [0.1, 0.15) is 0 Å². The van der Waals surface area contributed by atoms with Crippen molar-refractivity contribution in [3.8, 4) is 0 Å². The van der Waals surface area contributed by atoms with Crippen LogP contribution in [0.2, 0.25) is 0 Å². The summed E-state index contributed by atoms with van der Waals surface area (Å²) >= 11 is 3.65. The van der Waals surface area contributed by atoms with Crippen molar-refractivity contribution in [2.75, 3.05) is 11.5 Å². The number of hydrogen-bond donors (Lipinski definition) is 3. The molecule has 0 radical (unpaired) electrons. The molecule has 0 amide bonds. The molecule has 3 N–H and O–H groups in total. The lowest BCUT2D eigenvalue weighted by molar-refractivity contribution is -0.137. The van der Waals surface area contributed by atoms with Crippen LogP contribution in [0.25, 0.3) is 0 Å². The molecule has 0 saturated heterocycles. The highest BCUT2D eigenvalue weighted by molar-refractivity contribution is 8.78. The van der Waals surface area contributed by atoms with Crippen LogP contribution in [-0.4, -0.2) is 28.6 Å². The predicted octanol–water partition coefficient (Wildman–Crippen LogP) is 1.22. The van der Waals surface area contributed by atoms with Crippen molar-refractivity contribution in [1.29, 1.82) is 0 Å². The minimum atomic E-state index is -1.00. The first-order valence-electron chi connectivity index (χ1n) is 3.21. The molecule has 0 bridgehead atoms. The molecule has 1 aliphatic rings. The van der Waals surface area contributed by atoms with E-state index in [1.807, 2.05) is 21.6 Å². The Labute approximate surface area is 85.0 Å². The first kappa shape index (κ1) is 12.2. The molecule has 1 atom stereocenters. The number of carboxylic acids is 1. The van der Waals surface area contributed by atoms with Crippen LogP contribution in [0.3, 0.4) is 0 Å². The van der Waals surface area contributed by atoms with Gasteiger partial charge in [-0.05, 0) is 5.41 Å². The number of rotatable bonds is 2. The number of thiol groups is 1. The zero-order valence-electron chi connectivity index (χ0n) is 6.34. The Morgan fingerprint density at radius 3 is 2.58 bits per heavy atom. The molecule has 1 aliphatic heterocycles. The van der Waals surface area contributed by atoms with Gasteiger partial charge in [-0.15, -0.1) is 0 Å². The summed E-state index contributed by atoms with van der Waals surface area (Å²) in [5.41, 5.74) is 4.94. The van der Waals surface area contributed by atoms with Gasteiger partial charge in [0.05, 0.1) is 0 Å². The lowest BCUT2D eigenvalue weighted by atomic mass is 10.4. The third-order valence-corrected chi connectivity index (χ3v) is 3.21. The summed E-state index contributed by atoms with van der Waals surface area (Å²) in [6.07, 6.45) is 2.16. The molecule has 0 fully saturated rings. The van der Waals surface area contributed by atoms with Crippen LogP contribution in [-0.2, 0) is 4.79 Å². The number of carbonyl (C=O) groups is 1. The molecule has 0 spiro atoms. The Morgan fingerprint density at radius 1 is 1.83 bits per heavy atom. The van der Waals surface area contributed by atoms with E-state index in [-0.39, 0.29) is 5.75 Å². The average Bonchev–Trinajstić information content (AvgIpc) is 2.59. The van der Waals surface area contributed by atoms with E-state index in [4.69, 9.17) is 10.8 Å². The first-order chi connectivity index (χ1) is 5.68. The minimum absolute atomic E-state index is 0.190. The Bertz CT molecular complexity index is 157. The highest BCUT2D eigenvalue weighted by Crippen LogP contribution is 2.27. The Hall–Kier alpha value is 0.220. The van der Waals surface area contributed by atoms with E-state index in [1.54, 1.807) is 0 Å². The molecule has 0 aromatic carbocycles. The zero-order valence-corrected chi connectivity index (χ0v) is 8.87. The van der Waals surface area contributed by atoms with E-state index in [0.29, 0.717) is 0 Å². The smallest absolute Gasteiger partial charge is 0.321 e. The highest BCUT2D eigenvalue weighted by atomic mass is 33.1. The Kier molecular flexibility index (Phi) is 7.99. The summed E-state index contributed by atoms with van der Waals surface area (Å²) < 4.78 is 0. The van der Waals surface area contributed by atoms with Gasteiger partial charge >= 0.3 is 5.97 Å². The maximum absolute atomic E-state index is 9.76. The van der Waals surface area contributed by atoms with Gasteiger partial charge in [-0.2, -0.15) is 12.6 Å². The van der Waals surface area contributed by atoms with Gasteiger partial charge in [0.1, 0.15) is 6.04 Å². The van der Waals surface area contributed by atoms with E-state index < -0.39 is 12.0 Å². The van der Waals surface area contributed by atoms with Crippen molar-refractivity contribution in [3.05, 3.63) is 11.5 Å². The van der Waals surface area contributed by atoms with Gasteiger partial charge in [-0.3, -0.25) is 4.79 Å². The molecule has 1 heterocycles. The van der Waals surface area contributed by atoms with Gasteiger partial charge in [-0.1, -0.05) is 27.7 Å². The lowest BCUT2D eigenvalue weighted by Crippen LogP contribution is -2.31. The molecule has 0 aromatic heterocycles. The van der Waals surface area contributed by atoms with E-state index >= 15 is 0 Å². The van der Waals surface area contributed by atoms with Crippen LogP contribution in [0.5, 0.6) is 0 Å². The van der Waals surface area contributed by atoms with Gasteiger partial charge in [0.25, 0.3) is 0 Å². The fraction of sp³-hybridized carbons (Fsp3) is 0.500. The molecule has 12 heavy (non-hydrogen) atoms. The van der Waals surface area contributed by atoms with Gasteiger partial charge < -0.3 is 10.8 Å². The minimum Gasteiger partial charge on any atom is -0.480 e. The topological polar surface area (TPSA) is 63.3 Å². The van der Waals surface area contributed by atoms with Gasteiger partial charge in [0, 0.05) is 11.5 Å². The zero-order chi connectivity index (χ0) is 9.40. The maximum Gasteiger partial charge on any atom is 0.321 e. The number of nitrogens with two attached hydrogens (primary N) is 1. The number of carboxylic acid groups (broad SMARTS) is 1. The maximum atomic E-state index is 9.76. The van der Waals surface area contributed by atoms with E-state index in [1.165, 1.54) is 5.75 Å². The van der Waals surface area contributed by atoms with Crippen molar-refractivity contribution in [1.82, 2.24) is 0 Å². The third kappa shape index (κ3) is 6.90. The van der Waals surface area contributed by atoms with Crippen LogP contribution in [0.4, 0.5) is 0 Å². The number of hydrogen-bond acceptors (Lipinski definition) is 5. The van der Waals surface area contributed by atoms with Gasteiger partial charge in [0.2, 0.25) is 0 Å². The van der Waals surface area contributed by atoms with Crippen LogP contribution >= 0.6 is 34.2 Å². The monoisotopic (exact) mass is 225 g/mol. The van der Waals surface area contributed by atoms with E-state index in [0.717, 1.165) is 0 Å². The second kappa shape index (κ2) is 7.85. The average molecular weight is 225 g/mol. The quantitative estimate of drug-likeness (QED) is 0.487. The van der Waals surface area contributed by atoms with Crippen LogP contribution in [0.15, 0.2) is 11.5 Å². The molecule has 6 heteroatoms. The van der Waals surface area contributed by atoms with Crippen molar-refractivity contribution < 1.29 is 9.90 Å². The molecule has 1 rings (SSSR count). The Morgan fingerprint density at radius 2 is 2.50 bits per heavy atom. The molecule has 0 aromatic rings. The largest absolute Gasteiger partial charge is 0.480 e. The normalized spacial score (nSPS) is 16.5. The summed E-state index contributed by atoms with van der Waals surface area (Å²) in [5.74, 6) is 0.384. The summed E-state index contributed by atoms with van der Waals surface area (Å²) in [5, 5.41) is 10.1. The molecule has 3 nitrogen and oxygen atoms in total. The Balaban J connectivity index is 0.000000211. The lowest BCUT2D eigenvalue weighted by Gasteiger charge is -1.96. The van der Waals surface area contributed by atoms with Gasteiger partial charge in [-0.25, -0.2) is 0 Å². The molecule has 0 unspecified atom stereocenters. The molecule has 0 saturated carbocycles. The SMILES string of the molecule is C1=CSSC1.N[C@@H](CS)C(=O)O. The first-order valence-corrected chi connectivity index (χ1v) is 6.22. The van der Waals surface area contributed by atoms with Crippen molar-refractivity contribution >= 4 is 40.2 Å². The third-order valence-electron chi connectivity index (χ3n) is 0.898. The second-order valence-corrected chi connectivity index (χ2v) is 4.56. The van der Waals surface area contributed by atoms with Crippen molar-refractivity contribution in [3.63, 3.8) is 0 Å². The fourth-order valence-corrected chi connectivity index (χ4v) is 2.00. The molecular formula is C6H11NO2S3. The molecule has 0 aliphatic carbocycles. The van der Waals surface area contributed by atoms with Crippen LogP contribution in [0, 0.1) is 0 Å². The van der Waals surface area contributed by atoms with E-state index in [9.17, 15) is 4.79 Å². The van der Waals surface area contributed by atoms with Crippen LogP contribution < -0.4 is 5.73 Å². The van der Waals surface area contributed by atoms with Crippen molar-refractivity contribution in [2.24, 2.45) is 5.73 Å². The molecular weight excluding hydrogens is 214 g/mol. The summed E-state index contributed by atoms with van der Waals surface area (Å²) in [6, 6.07) is -0.816. The second-order valence-electron chi connectivity index (χ2n) is 1.88. The predicted molar refractivity (Wildman–Crippen MR) is 58.7 cm³/mol. The molecule has 70 valence electrons. The van der Waals surface area contributed by atoms with E-state index in [2.05, 4.69) is 24.1 Å². The van der Waals surface area contributed by atoms with Crippen molar-refractivity contribution in [2.45, 2.75) is 6.04 Å².